The van der Waals surface area contributed by atoms with E-state index in [0.717, 1.165) is 25.7 Å². The summed E-state index contributed by atoms with van der Waals surface area (Å²) in [6.07, 6.45) is 7.13. The number of nitrogens with zero attached hydrogens (tertiary/aromatic N) is 2. The minimum Gasteiger partial charge on any atom is -0.266 e. The molecule has 0 aromatic carbocycles. The zero-order valence-electron chi connectivity index (χ0n) is 9.67. The molecule has 0 amide bonds. The van der Waals surface area contributed by atoms with Crippen LogP contribution in [-0.4, -0.2) is 35.5 Å². The summed E-state index contributed by atoms with van der Waals surface area (Å²) in [5, 5.41) is 6.39. The van der Waals surface area contributed by atoms with Crippen LogP contribution in [-0.2, 0) is 10.0 Å². The highest BCUT2D eigenvalue weighted by atomic mass is 32.2. The number of nitrogens with one attached hydrogen (secondary N) is 1. The number of aromatic nitrogens is 2. The fraction of sp³-hybridized carbons (Fsp3) is 0.545. The van der Waals surface area contributed by atoms with Gasteiger partial charge in [-0.25, -0.2) is 8.42 Å². The lowest BCUT2D eigenvalue weighted by molar-refractivity contribution is 0.346. The van der Waals surface area contributed by atoms with E-state index >= 15 is 0 Å². The highest BCUT2D eigenvalue weighted by molar-refractivity contribution is 7.89. The second kappa shape index (κ2) is 5.01. The number of rotatable bonds is 5. The fourth-order valence-electron chi connectivity index (χ4n) is 2.28. The molecule has 6 heteroatoms. The van der Waals surface area contributed by atoms with E-state index in [1.807, 2.05) is 0 Å². The molecule has 0 bridgehead atoms. The standard InChI is InChI=1S/C11H17N3O2S/c1-2-9-14(10-5-3-4-6-10)17(15,16)11-7-8-12-13-11/h2,7-8,10H,1,3-6,9H2,(H,12,13). The molecule has 0 radical (unpaired) electrons. The van der Waals surface area contributed by atoms with E-state index in [0.29, 0.717) is 6.54 Å². The van der Waals surface area contributed by atoms with E-state index in [9.17, 15) is 8.42 Å². The second-order valence-corrected chi connectivity index (χ2v) is 6.08. The third-order valence-electron chi connectivity index (χ3n) is 3.10. The third kappa shape index (κ3) is 2.42. The first-order valence-corrected chi connectivity index (χ1v) is 7.22. The number of sulfonamides is 1. The average Bonchev–Trinajstić information content (AvgIpc) is 2.97. The molecule has 1 aliphatic rings. The maximum absolute atomic E-state index is 12.4. The number of H-pyrrole nitrogens is 1. The van der Waals surface area contributed by atoms with Crippen LogP contribution in [0.3, 0.4) is 0 Å². The minimum atomic E-state index is -3.46. The van der Waals surface area contributed by atoms with Crippen molar-refractivity contribution in [1.82, 2.24) is 14.5 Å². The van der Waals surface area contributed by atoms with Gasteiger partial charge in [0.1, 0.15) is 0 Å². The summed E-state index contributed by atoms with van der Waals surface area (Å²) in [6, 6.07) is 1.58. The van der Waals surface area contributed by atoms with Gasteiger partial charge in [0.2, 0.25) is 0 Å². The molecule has 0 spiro atoms. The molecule has 5 nitrogen and oxygen atoms in total. The molecule has 94 valence electrons. The van der Waals surface area contributed by atoms with Crippen molar-refractivity contribution in [2.24, 2.45) is 0 Å². The molecule has 17 heavy (non-hydrogen) atoms. The van der Waals surface area contributed by atoms with Crippen LogP contribution in [0.25, 0.3) is 0 Å². The van der Waals surface area contributed by atoms with Gasteiger partial charge in [-0.1, -0.05) is 18.9 Å². The Bertz CT molecular complexity index is 461. The van der Waals surface area contributed by atoms with Crippen molar-refractivity contribution in [3.63, 3.8) is 0 Å². The second-order valence-electron chi connectivity index (χ2n) is 4.22. The van der Waals surface area contributed by atoms with E-state index in [1.54, 1.807) is 6.08 Å². The normalized spacial score (nSPS) is 17.7. The molecule has 0 aliphatic heterocycles. The first-order chi connectivity index (χ1) is 8.16. The molecule has 0 atom stereocenters. The van der Waals surface area contributed by atoms with E-state index in [-0.39, 0.29) is 11.1 Å². The Morgan fingerprint density at radius 3 is 2.76 bits per heavy atom. The molecule has 1 fully saturated rings. The van der Waals surface area contributed by atoms with E-state index in [4.69, 9.17) is 0 Å². The van der Waals surface area contributed by atoms with Gasteiger partial charge in [0.05, 0.1) is 6.20 Å². The molecule has 1 saturated carbocycles. The molecule has 0 unspecified atom stereocenters. The smallest absolute Gasteiger partial charge is 0.260 e. The van der Waals surface area contributed by atoms with Gasteiger partial charge in [-0.05, 0) is 18.9 Å². The maximum Gasteiger partial charge on any atom is 0.260 e. The van der Waals surface area contributed by atoms with Crippen molar-refractivity contribution in [1.29, 1.82) is 0 Å². The molecule has 1 aromatic rings. The van der Waals surface area contributed by atoms with Gasteiger partial charge in [-0.15, -0.1) is 6.58 Å². The Balaban J connectivity index is 2.29. The highest BCUT2D eigenvalue weighted by Gasteiger charge is 2.32. The van der Waals surface area contributed by atoms with E-state index in [1.165, 1.54) is 16.6 Å². The molecule has 1 N–H and O–H groups in total. The minimum absolute atomic E-state index is 0.0984. The summed E-state index contributed by atoms with van der Waals surface area (Å²) in [5.41, 5.74) is 0. The lowest BCUT2D eigenvalue weighted by atomic mass is 10.2. The topological polar surface area (TPSA) is 66.1 Å². The van der Waals surface area contributed by atoms with Crippen molar-refractivity contribution in [3.05, 3.63) is 24.9 Å². The number of hydrogen-bond donors (Lipinski definition) is 1. The Labute approximate surface area is 102 Å². The Morgan fingerprint density at radius 1 is 1.53 bits per heavy atom. The van der Waals surface area contributed by atoms with Crippen LogP contribution in [0.15, 0.2) is 29.9 Å². The van der Waals surface area contributed by atoms with Crippen LogP contribution in [0.1, 0.15) is 25.7 Å². The van der Waals surface area contributed by atoms with Crippen molar-refractivity contribution >= 4 is 10.0 Å². The summed E-state index contributed by atoms with van der Waals surface area (Å²) >= 11 is 0. The van der Waals surface area contributed by atoms with Crippen molar-refractivity contribution in [2.75, 3.05) is 6.54 Å². The van der Waals surface area contributed by atoms with Gasteiger partial charge < -0.3 is 0 Å². The van der Waals surface area contributed by atoms with E-state index < -0.39 is 10.0 Å². The molecule has 1 aliphatic carbocycles. The largest absolute Gasteiger partial charge is 0.266 e. The number of aromatic amines is 1. The van der Waals surface area contributed by atoms with Gasteiger partial charge in [-0.3, -0.25) is 5.10 Å². The Kier molecular flexibility index (Phi) is 3.63. The summed E-state index contributed by atoms with van der Waals surface area (Å²) in [5.74, 6) is 0. The highest BCUT2D eigenvalue weighted by Crippen LogP contribution is 2.27. The van der Waals surface area contributed by atoms with Crippen molar-refractivity contribution in [2.45, 2.75) is 36.8 Å². The molecule has 2 rings (SSSR count). The molecular formula is C11H17N3O2S. The zero-order chi connectivity index (χ0) is 12.3. The van der Waals surface area contributed by atoms with Gasteiger partial charge >= 0.3 is 0 Å². The summed E-state index contributed by atoms with van der Waals surface area (Å²) < 4.78 is 26.3. The van der Waals surface area contributed by atoms with Crippen LogP contribution in [0.2, 0.25) is 0 Å². The van der Waals surface area contributed by atoms with Crippen LogP contribution >= 0.6 is 0 Å². The van der Waals surface area contributed by atoms with Gasteiger partial charge in [-0.2, -0.15) is 9.40 Å². The first-order valence-electron chi connectivity index (χ1n) is 5.78. The SMILES string of the molecule is C=CCN(C1CCCC1)S(=O)(=O)c1ccn[nH]1. The average molecular weight is 255 g/mol. The van der Waals surface area contributed by atoms with Gasteiger partial charge in [0.25, 0.3) is 10.0 Å². The van der Waals surface area contributed by atoms with Gasteiger partial charge in [0, 0.05) is 12.6 Å². The predicted octanol–water partition coefficient (Wildman–Crippen LogP) is 1.53. The van der Waals surface area contributed by atoms with Crippen LogP contribution in [0.5, 0.6) is 0 Å². The maximum atomic E-state index is 12.4. The monoisotopic (exact) mass is 255 g/mol. The lowest BCUT2D eigenvalue weighted by Gasteiger charge is -2.25. The Morgan fingerprint density at radius 2 is 2.24 bits per heavy atom. The molecule has 0 saturated heterocycles. The van der Waals surface area contributed by atoms with Gasteiger partial charge in [0.15, 0.2) is 5.03 Å². The number of hydrogen-bond acceptors (Lipinski definition) is 3. The first kappa shape index (κ1) is 12.3. The van der Waals surface area contributed by atoms with Crippen LogP contribution in [0.4, 0.5) is 0 Å². The third-order valence-corrected chi connectivity index (χ3v) is 4.95. The predicted molar refractivity (Wildman–Crippen MR) is 64.9 cm³/mol. The van der Waals surface area contributed by atoms with E-state index in [2.05, 4.69) is 16.8 Å². The molecule has 1 aromatic heterocycles. The summed E-state index contributed by atoms with van der Waals surface area (Å²) in [7, 11) is -3.46. The van der Waals surface area contributed by atoms with Crippen LogP contribution in [0, 0.1) is 0 Å². The molecule has 1 heterocycles. The van der Waals surface area contributed by atoms with Crippen molar-refractivity contribution < 1.29 is 8.42 Å². The van der Waals surface area contributed by atoms with Crippen LogP contribution < -0.4 is 0 Å². The zero-order valence-corrected chi connectivity index (χ0v) is 10.5. The lowest BCUT2D eigenvalue weighted by Crippen LogP contribution is -2.39. The molecular weight excluding hydrogens is 238 g/mol. The Hall–Kier alpha value is -1.14. The van der Waals surface area contributed by atoms with Crippen molar-refractivity contribution in [3.8, 4) is 0 Å². The quantitative estimate of drug-likeness (QED) is 0.811. The summed E-state index contributed by atoms with van der Waals surface area (Å²) in [6.45, 7) is 3.99. The fourth-order valence-corrected chi connectivity index (χ4v) is 3.83. The summed E-state index contributed by atoms with van der Waals surface area (Å²) in [4.78, 5) is 0.